The highest BCUT2D eigenvalue weighted by molar-refractivity contribution is 7.81. The van der Waals surface area contributed by atoms with E-state index in [4.69, 9.17) is 12.2 Å². The Hall–Kier alpha value is -3.62. The number of nitrogens with zero attached hydrogens (tertiary/aromatic N) is 2. The quantitative estimate of drug-likeness (QED) is 0.154. The van der Waals surface area contributed by atoms with E-state index in [9.17, 15) is 20.3 Å². The predicted octanol–water partition coefficient (Wildman–Crippen LogP) is 3.12. The second-order valence-corrected chi connectivity index (χ2v) is 7.39. The van der Waals surface area contributed by atoms with E-state index in [1.165, 1.54) is 22.8 Å². The maximum atomic E-state index is 13.5. The number of anilines is 1. The van der Waals surface area contributed by atoms with Crippen molar-refractivity contribution in [2.24, 2.45) is 0 Å². The van der Waals surface area contributed by atoms with Crippen molar-refractivity contribution in [1.82, 2.24) is 0 Å². The Morgan fingerprint density at radius 3 is 2.55 bits per heavy atom. The second kappa shape index (κ2) is 9.46. The third-order valence-corrected chi connectivity index (χ3v) is 5.09. The number of benzene rings is 2. The van der Waals surface area contributed by atoms with Gasteiger partial charge in [0.15, 0.2) is 17.4 Å². The van der Waals surface area contributed by atoms with Crippen LogP contribution in [-0.2, 0) is 6.61 Å². The Morgan fingerprint density at radius 1 is 1.13 bits per heavy atom. The van der Waals surface area contributed by atoms with Crippen LogP contribution in [0, 0.1) is 24.0 Å². The van der Waals surface area contributed by atoms with Gasteiger partial charge in [-0.25, -0.2) is 0 Å². The molecular formula is C23H21N3O4S. The van der Waals surface area contributed by atoms with Gasteiger partial charge >= 0.3 is 0 Å². The number of aryl methyl sites for hydroxylation is 2. The van der Waals surface area contributed by atoms with Gasteiger partial charge in [0.05, 0.1) is 11.5 Å². The van der Waals surface area contributed by atoms with Crippen LogP contribution in [0.5, 0.6) is 0 Å². The van der Waals surface area contributed by atoms with Gasteiger partial charge in [-0.05, 0) is 42.9 Å². The zero-order valence-electron chi connectivity index (χ0n) is 17.0. The van der Waals surface area contributed by atoms with Crippen LogP contribution in [0.15, 0.2) is 67.0 Å². The summed E-state index contributed by atoms with van der Waals surface area (Å²) in [6, 6.07) is 15.2. The van der Waals surface area contributed by atoms with Crippen molar-refractivity contribution in [2.45, 2.75) is 20.5 Å². The topological polar surface area (TPSA) is 102 Å². The van der Waals surface area contributed by atoms with Crippen LogP contribution in [0.4, 0.5) is 11.4 Å². The van der Waals surface area contributed by atoms with Crippen molar-refractivity contribution in [2.75, 3.05) is 5.32 Å². The molecule has 0 bridgehead atoms. The number of thiocarbonyl (C=S) groups is 1. The number of aromatic nitrogens is 1. The van der Waals surface area contributed by atoms with Gasteiger partial charge in [-0.3, -0.25) is 10.1 Å². The molecule has 0 atom stereocenters. The van der Waals surface area contributed by atoms with E-state index >= 15 is 0 Å². The molecule has 0 unspecified atom stereocenters. The lowest BCUT2D eigenvalue weighted by Gasteiger charge is -2.18. The molecule has 3 aromatic rings. The Kier molecular flexibility index (Phi) is 6.74. The Labute approximate surface area is 185 Å². The normalized spacial score (nSPS) is 11.6. The number of aliphatic hydroxyl groups excluding tert-OH is 1. The molecule has 8 heteroatoms. The molecule has 158 valence electrons. The van der Waals surface area contributed by atoms with Gasteiger partial charge in [-0.2, -0.15) is 4.57 Å². The van der Waals surface area contributed by atoms with Crippen molar-refractivity contribution < 1.29 is 19.7 Å². The molecule has 0 aliphatic rings. The van der Waals surface area contributed by atoms with Gasteiger partial charge in [0.1, 0.15) is 0 Å². The van der Waals surface area contributed by atoms with Gasteiger partial charge < -0.3 is 15.5 Å². The molecule has 0 amide bonds. The SMILES string of the molecule is Cc1ccccc1NC(=S)/C(=C(\[O-])c1ccc(C)c([N+](=O)[O-])c1)[n+]1cccc(CO)c1. The first-order valence-electron chi connectivity index (χ1n) is 9.47. The fourth-order valence-corrected chi connectivity index (χ4v) is 3.38. The summed E-state index contributed by atoms with van der Waals surface area (Å²) in [5, 5.41) is 37.4. The number of pyridine rings is 1. The van der Waals surface area contributed by atoms with Gasteiger partial charge in [-0.1, -0.05) is 42.5 Å². The molecule has 0 saturated carbocycles. The second-order valence-electron chi connectivity index (χ2n) is 6.98. The predicted molar refractivity (Wildman–Crippen MR) is 121 cm³/mol. The minimum absolute atomic E-state index is 0.117. The first kappa shape index (κ1) is 22.1. The molecule has 0 fully saturated rings. The van der Waals surface area contributed by atoms with Crippen molar-refractivity contribution in [3.05, 3.63) is 99.4 Å². The lowest BCUT2D eigenvalue weighted by atomic mass is 10.1. The molecule has 0 aliphatic heterocycles. The molecule has 31 heavy (non-hydrogen) atoms. The lowest BCUT2D eigenvalue weighted by molar-refractivity contribution is -0.578. The Balaban J connectivity index is 2.17. The van der Waals surface area contributed by atoms with E-state index in [0.29, 0.717) is 11.1 Å². The summed E-state index contributed by atoms with van der Waals surface area (Å²) >= 11 is 5.58. The highest BCUT2D eigenvalue weighted by atomic mass is 32.1. The van der Waals surface area contributed by atoms with Crippen LogP contribution in [-0.4, -0.2) is 15.0 Å². The van der Waals surface area contributed by atoms with E-state index < -0.39 is 10.7 Å². The molecule has 3 rings (SSSR count). The minimum atomic E-state index is -0.519. The van der Waals surface area contributed by atoms with Crippen LogP contribution in [0.1, 0.15) is 22.3 Å². The third-order valence-electron chi connectivity index (χ3n) is 4.79. The number of nitro groups is 1. The summed E-state index contributed by atoms with van der Waals surface area (Å²) in [7, 11) is 0. The van der Waals surface area contributed by atoms with E-state index in [0.717, 1.165) is 11.3 Å². The van der Waals surface area contributed by atoms with Gasteiger partial charge in [-0.15, -0.1) is 0 Å². The highest BCUT2D eigenvalue weighted by Crippen LogP contribution is 2.24. The number of nitrogens with one attached hydrogen (secondary N) is 1. The zero-order chi connectivity index (χ0) is 22.5. The van der Waals surface area contributed by atoms with Crippen molar-refractivity contribution >= 4 is 40.0 Å². The number of hydrogen-bond donors (Lipinski definition) is 2. The van der Waals surface area contributed by atoms with Gasteiger partial charge in [0, 0.05) is 28.9 Å². The fraction of sp³-hybridized carbons (Fsp3) is 0.130. The molecule has 1 aromatic heterocycles. The summed E-state index contributed by atoms with van der Waals surface area (Å²) < 4.78 is 1.52. The average Bonchev–Trinajstić information content (AvgIpc) is 2.75. The van der Waals surface area contributed by atoms with E-state index in [2.05, 4.69) is 5.32 Å². The monoisotopic (exact) mass is 435 g/mol. The third kappa shape index (κ3) is 4.93. The van der Waals surface area contributed by atoms with Crippen LogP contribution >= 0.6 is 12.2 Å². The Morgan fingerprint density at radius 2 is 1.87 bits per heavy atom. The number of aliphatic hydroxyl groups is 1. The van der Waals surface area contributed by atoms with Crippen LogP contribution in [0.3, 0.4) is 0 Å². The van der Waals surface area contributed by atoms with Gasteiger partial charge in [0.25, 0.3) is 5.69 Å². The molecule has 0 radical (unpaired) electrons. The smallest absolute Gasteiger partial charge is 0.272 e. The molecule has 0 aliphatic carbocycles. The maximum absolute atomic E-state index is 13.5. The number of rotatable bonds is 6. The molecule has 0 spiro atoms. The van der Waals surface area contributed by atoms with Crippen LogP contribution in [0.2, 0.25) is 0 Å². The van der Waals surface area contributed by atoms with Crippen molar-refractivity contribution in [1.29, 1.82) is 0 Å². The molecule has 2 aromatic carbocycles. The molecule has 2 N–H and O–H groups in total. The zero-order valence-corrected chi connectivity index (χ0v) is 17.8. The molecule has 7 nitrogen and oxygen atoms in total. The summed E-state index contributed by atoms with van der Waals surface area (Å²) in [4.78, 5) is 11.0. The molecular weight excluding hydrogens is 414 g/mol. The lowest BCUT2D eigenvalue weighted by Crippen LogP contribution is -2.40. The summed E-state index contributed by atoms with van der Waals surface area (Å²) in [6.07, 6.45) is 3.24. The van der Waals surface area contributed by atoms with Gasteiger partial charge in [0.2, 0.25) is 5.70 Å². The average molecular weight is 436 g/mol. The Bertz CT molecular complexity index is 1190. The number of hydrogen-bond acceptors (Lipinski definition) is 5. The van der Waals surface area contributed by atoms with E-state index in [-0.39, 0.29) is 28.5 Å². The summed E-state index contributed by atoms with van der Waals surface area (Å²) in [6.45, 7) is 3.31. The van der Waals surface area contributed by atoms with E-state index in [1.54, 1.807) is 31.5 Å². The first-order chi connectivity index (χ1) is 14.8. The number of nitro benzene ring substituents is 1. The minimum Gasteiger partial charge on any atom is -0.867 e. The van der Waals surface area contributed by atoms with E-state index in [1.807, 2.05) is 31.2 Å². The molecule has 0 saturated heterocycles. The highest BCUT2D eigenvalue weighted by Gasteiger charge is 2.21. The van der Waals surface area contributed by atoms with Crippen LogP contribution < -0.4 is 15.0 Å². The van der Waals surface area contributed by atoms with Crippen molar-refractivity contribution in [3.8, 4) is 0 Å². The standard InChI is InChI=1S/C23H21N3O4S/c1-15-6-3-4-8-19(15)24-23(31)21(25-11-5-7-17(13-25)14-27)22(28)18-10-9-16(2)20(12-18)26(29)30/h3-13,27H,14H2,1-2H3,(H-,24,28,31). The number of para-hydroxylation sites is 1. The summed E-state index contributed by atoms with van der Waals surface area (Å²) in [5.41, 5.74) is 2.84. The largest absolute Gasteiger partial charge is 0.867 e. The maximum Gasteiger partial charge on any atom is 0.272 e. The molecule has 1 heterocycles. The van der Waals surface area contributed by atoms with Crippen LogP contribution in [0.25, 0.3) is 11.5 Å². The summed E-state index contributed by atoms with van der Waals surface area (Å²) in [5.74, 6) is -0.478. The first-order valence-corrected chi connectivity index (χ1v) is 9.87. The van der Waals surface area contributed by atoms with Crippen molar-refractivity contribution in [3.63, 3.8) is 0 Å². The fourth-order valence-electron chi connectivity index (χ4n) is 3.07.